The third kappa shape index (κ3) is 7.21. The fourth-order valence-electron chi connectivity index (χ4n) is 4.80. The number of morpholine rings is 1. The topological polar surface area (TPSA) is 123 Å². The highest BCUT2D eigenvalue weighted by Gasteiger charge is 2.20. The summed E-state index contributed by atoms with van der Waals surface area (Å²) in [5, 5.41) is 4.23. The standard InChI is InChI=1S/C32H32Cl2N6O4/c1-20-16-26(40-12-14-43-15-13-40)22-4-3-5-27(32(22)38-20)44-19-23-24(33)8-9-25(31(23)34)39(2)30(42)18-37-29(41)11-7-21-6-10-28(35)36-17-21/h3-11,16-17H,12-15,18-19H2,1-2H3,(H2,35,36)(H,37,41)/b11-7+. The van der Waals surface area contributed by atoms with Gasteiger partial charge in [-0.25, -0.2) is 9.97 Å². The molecule has 1 aliphatic rings. The van der Waals surface area contributed by atoms with E-state index < -0.39 is 5.91 Å². The fraction of sp³-hybridized carbons (Fsp3) is 0.250. The number of aromatic nitrogens is 2. The number of aryl methyl sites for hydroxylation is 1. The zero-order valence-electron chi connectivity index (χ0n) is 24.3. The van der Waals surface area contributed by atoms with Crippen LogP contribution in [0, 0.1) is 6.92 Å². The Bertz CT molecular complexity index is 1710. The van der Waals surface area contributed by atoms with E-state index in [-0.39, 0.29) is 24.1 Å². The Morgan fingerprint density at radius 2 is 1.95 bits per heavy atom. The maximum absolute atomic E-state index is 12.9. The molecule has 2 aromatic carbocycles. The molecular formula is C32H32Cl2N6O4. The van der Waals surface area contributed by atoms with E-state index in [1.807, 2.05) is 25.1 Å². The van der Waals surface area contributed by atoms with Crippen LogP contribution in [0.4, 0.5) is 17.2 Å². The summed E-state index contributed by atoms with van der Waals surface area (Å²) in [6, 6.07) is 14.6. The van der Waals surface area contributed by atoms with Gasteiger partial charge in [-0.3, -0.25) is 9.59 Å². The predicted octanol–water partition coefficient (Wildman–Crippen LogP) is 5.04. The summed E-state index contributed by atoms with van der Waals surface area (Å²) < 4.78 is 11.8. The summed E-state index contributed by atoms with van der Waals surface area (Å²) in [6.07, 6.45) is 4.44. The second-order valence-corrected chi connectivity index (χ2v) is 11.0. The average molecular weight is 636 g/mol. The van der Waals surface area contributed by atoms with E-state index in [9.17, 15) is 9.59 Å². The Morgan fingerprint density at radius 3 is 2.70 bits per heavy atom. The highest BCUT2D eigenvalue weighted by molar-refractivity contribution is 6.38. The lowest BCUT2D eigenvalue weighted by Gasteiger charge is -2.30. The van der Waals surface area contributed by atoms with Gasteiger partial charge in [0.15, 0.2) is 0 Å². The van der Waals surface area contributed by atoms with Crippen molar-refractivity contribution in [2.24, 2.45) is 0 Å². The first-order valence-electron chi connectivity index (χ1n) is 14.0. The minimum absolute atomic E-state index is 0.0523. The van der Waals surface area contributed by atoms with Crippen LogP contribution in [0.15, 0.2) is 60.8 Å². The van der Waals surface area contributed by atoms with Gasteiger partial charge in [0.1, 0.15) is 23.7 Å². The highest BCUT2D eigenvalue weighted by Crippen LogP contribution is 2.37. The van der Waals surface area contributed by atoms with E-state index in [0.717, 1.165) is 35.4 Å². The molecule has 0 bridgehead atoms. The minimum Gasteiger partial charge on any atom is -0.487 e. The Hall–Kier alpha value is -4.38. The van der Waals surface area contributed by atoms with Crippen molar-refractivity contribution in [3.8, 4) is 5.75 Å². The molecule has 0 spiro atoms. The van der Waals surface area contributed by atoms with E-state index in [2.05, 4.69) is 21.3 Å². The van der Waals surface area contributed by atoms with Crippen LogP contribution in [0.2, 0.25) is 10.0 Å². The monoisotopic (exact) mass is 634 g/mol. The van der Waals surface area contributed by atoms with E-state index in [0.29, 0.717) is 46.6 Å². The molecule has 0 unspecified atom stereocenters. The van der Waals surface area contributed by atoms with Crippen molar-refractivity contribution in [2.45, 2.75) is 13.5 Å². The number of halogens is 2. The number of anilines is 3. The molecule has 1 aliphatic heterocycles. The SMILES string of the molecule is Cc1cc(N2CCOCC2)c2cccc(OCc3c(Cl)ccc(N(C)C(=O)CNC(=O)/C=C/c4ccc(N)nc4)c3Cl)c2n1. The minimum atomic E-state index is -0.435. The third-order valence-corrected chi connectivity index (χ3v) is 7.96. The van der Waals surface area contributed by atoms with Gasteiger partial charge in [0, 0.05) is 59.8 Å². The number of nitrogens with zero attached hydrogens (tertiary/aromatic N) is 4. The Kier molecular flexibility index (Phi) is 9.84. The van der Waals surface area contributed by atoms with Crippen LogP contribution in [-0.4, -0.2) is 61.7 Å². The Morgan fingerprint density at radius 1 is 1.16 bits per heavy atom. The molecule has 1 fully saturated rings. The van der Waals surface area contributed by atoms with E-state index in [1.165, 1.54) is 11.0 Å². The van der Waals surface area contributed by atoms with Crippen molar-refractivity contribution in [3.63, 3.8) is 0 Å². The number of para-hydroxylation sites is 1. The summed E-state index contributed by atoms with van der Waals surface area (Å²) >= 11 is 13.3. The van der Waals surface area contributed by atoms with Crippen molar-refractivity contribution in [3.05, 3.63) is 87.7 Å². The number of amides is 2. The number of carbonyl (C=O) groups is 2. The largest absolute Gasteiger partial charge is 0.487 e. The van der Waals surface area contributed by atoms with Crippen LogP contribution < -0.4 is 25.6 Å². The number of nitrogen functional groups attached to an aromatic ring is 1. The summed E-state index contributed by atoms with van der Waals surface area (Å²) in [5.74, 6) is 0.166. The molecule has 12 heteroatoms. The number of hydrogen-bond acceptors (Lipinski definition) is 8. The average Bonchev–Trinajstić information content (AvgIpc) is 3.03. The molecule has 228 valence electrons. The van der Waals surface area contributed by atoms with Crippen LogP contribution in [0.1, 0.15) is 16.8 Å². The fourth-order valence-corrected chi connectivity index (χ4v) is 5.41. The number of ether oxygens (including phenoxy) is 2. The molecule has 0 aliphatic carbocycles. The van der Waals surface area contributed by atoms with Gasteiger partial charge in [-0.2, -0.15) is 0 Å². The van der Waals surface area contributed by atoms with E-state index in [1.54, 1.807) is 43.6 Å². The first kappa shape index (κ1) is 31.1. The second-order valence-electron chi connectivity index (χ2n) is 10.2. The van der Waals surface area contributed by atoms with Crippen LogP contribution in [0.5, 0.6) is 5.75 Å². The van der Waals surface area contributed by atoms with Gasteiger partial charge in [0.2, 0.25) is 11.8 Å². The maximum Gasteiger partial charge on any atom is 0.246 e. The lowest BCUT2D eigenvalue weighted by atomic mass is 10.1. The van der Waals surface area contributed by atoms with E-state index >= 15 is 0 Å². The van der Waals surface area contributed by atoms with Crippen molar-refractivity contribution in [2.75, 3.05) is 55.4 Å². The molecule has 5 rings (SSSR count). The molecular weight excluding hydrogens is 603 g/mol. The van der Waals surface area contributed by atoms with Gasteiger partial charge >= 0.3 is 0 Å². The zero-order valence-corrected chi connectivity index (χ0v) is 25.9. The van der Waals surface area contributed by atoms with Crippen molar-refractivity contribution in [1.29, 1.82) is 0 Å². The molecule has 3 heterocycles. The first-order valence-corrected chi connectivity index (χ1v) is 14.7. The van der Waals surface area contributed by atoms with Crippen molar-refractivity contribution < 1.29 is 19.1 Å². The summed E-state index contributed by atoms with van der Waals surface area (Å²) in [6.45, 7) is 4.73. The Balaban J connectivity index is 1.28. The summed E-state index contributed by atoms with van der Waals surface area (Å²) in [7, 11) is 1.58. The molecule has 0 radical (unpaired) electrons. The quantitative estimate of drug-likeness (QED) is 0.246. The van der Waals surface area contributed by atoms with E-state index in [4.69, 9.17) is 43.4 Å². The van der Waals surface area contributed by atoms with Crippen LogP contribution in [-0.2, 0) is 20.9 Å². The van der Waals surface area contributed by atoms with Crippen molar-refractivity contribution >= 4 is 69.2 Å². The molecule has 0 saturated carbocycles. The smallest absolute Gasteiger partial charge is 0.246 e. The van der Waals surface area contributed by atoms with Crippen molar-refractivity contribution in [1.82, 2.24) is 15.3 Å². The maximum atomic E-state index is 12.9. The molecule has 3 N–H and O–H groups in total. The van der Waals surface area contributed by atoms with Gasteiger partial charge < -0.3 is 30.3 Å². The molecule has 44 heavy (non-hydrogen) atoms. The van der Waals surface area contributed by atoms with Crippen LogP contribution in [0.25, 0.3) is 17.0 Å². The summed E-state index contributed by atoms with van der Waals surface area (Å²) in [4.78, 5) is 37.6. The second kappa shape index (κ2) is 13.9. The molecule has 1 saturated heterocycles. The van der Waals surface area contributed by atoms with Gasteiger partial charge in [-0.15, -0.1) is 0 Å². The number of hydrogen-bond donors (Lipinski definition) is 2. The number of carbonyl (C=O) groups excluding carboxylic acids is 2. The molecule has 10 nitrogen and oxygen atoms in total. The number of fused-ring (bicyclic) bond motifs is 1. The van der Waals surface area contributed by atoms with Gasteiger partial charge in [0.25, 0.3) is 0 Å². The summed E-state index contributed by atoms with van der Waals surface area (Å²) in [5.41, 5.74) is 9.93. The van der Waals surface area contributed by atoms with Crippen LogP contribution >= 0.6 is 23.2 Å². The molecule has 4 aromatic rings. The van der Waals surface area contributed by atoms with Gasteiger partial charge in [0.05, 0.1) is 30.5 Å². The number of nitrogens with one attached hydrogen (secondary N) is 1. The molecule has 2 aromatic heterocycles. The first-order chi connectivity index (χ1) is 21.2. The molecule has 2 amide bonds. The third-order valence-electron chi connectivity index (χ3n) is 7.18. The lowest BCUT2D eigenvalue weighted by Crippen LogP contribution is -2.37. The number of benzene rings is 2. The number of nitrogens with two attached hydrogens (primary N) is 1. The predicted molar refractivity (Wildman–Crippen MR) is 174 cm³/mol. The number of likely N-dealkylation sites (N-methyl/N-ethyl adjacent to an activating group) is 1. The lowest BCUT2D eigenvalue weighted by molar-refractivity contribution is -0.122. The Labute approximate surface area is 265 Å². The number of rotatable bonds is 9. The zero-order chi connectivity index (χ0) is 31.2. The molecule has 0 atom stereocenters. The normalized spacial score (nSPS) is 13.3. The number of pyridine rings is 2. The van der Waals surface area contributed by atoms with Crippen LogP contribution in [0.3, 0.4) is 0 Å². The highest BCUT2D eigenvalue weighted by atomic mass is 35.5. The van der Waals surface area contributed by atoms with Gasteiger partial charge in [-0.05, 0) is 55.0 Å². The van der Waals surface area contributed by atoms with Gasteiger partial charge in [-0.1, -0.05) is 35.3 Å².